The molecule has 0 amide bonds. The van der Waals surface area contributed by atoms with E-state index >= 15 is 0 Å². The summed E-state index contributed by atoms with van der Waals surface area (Å²) >= 11 is 0. The lowest BCUT2D eigenvalue weighted by Gasteiger charge is -2.67. The molecule has 2 aliphatic carbocycles. The average molecular weight is 397 g/mol. The summed E-state index contributed by atoms with van der Waals surface area (Å²) in [6.07, 6.45) is 6.95. The van der Waals surface area contributed by atoms with E-state index in [4.69, 9.17) is 14.2 Å². The zero-order valence-electron chi connectivity index (χ0n) is 18.4. The second-order valence-electron chi connectivity index (χ2n) is 11.1. The molecule has 162 valence electrons. The Morgan fingerprint density at radius 1 is 0.964 bits per heavy atom. The predicted molar refractivity (Wildman–Crippen MR) is 107 cm³/mol. The summed E-state index contributed by atoms with van der Waals surface area (Å²) in [6.45, 7) is 12.0. The zero-order valence-corrected chi connectivity index (χ0v) is 18.4. The maximum absolute atomic E-state index is 10.1. The van der Waals surface area contributed by atoms with Crippen LogP contribution in [0, 0.1) is 22.7 Å². The van der Waals surface area contributed by atoms with Gasteiger partial charge in [-0.3, -0.25) is 0 Å². The Kier molecular flexibility index (Phi) is 5.00. The summed E-state index contributed by atoms with van der Waals surface area (Å²) in [5, 5.41) is 19.7. The fourth-order valence-corrected chi connectivity index (χ4v) is 7.57. The molecule has 28 heavy (non-hydrogen) atoms. The molecule has 5 nitrogen and oxygen atoms in total. The molecule has 4 fully saturated rings. The van der Waals surface area contributed by atoms with Gasteiger partial charge in [-0.2, -0.15) is 0 Å². The molecule has 0 aromatic carbocycles. The van der Waals surface area contributed by atoms with E-state index in [1.165, 1.54) is 6.42 Å². The number of hydrogen-bond acceptors (Lipinski definition) is 5. The Bertz CT molecular complexity index is 608. The maximum Gasteiger partial charge on any atom is 0.163 e. The van der Waals surface area contributed by atoms with Crippen LogP contribution in [0.15, 0.2) is 0 Å². The highest BCUT2D eigenvalue weighted by Gasteiger charge is 2.70. The van der Waals surface area contributed by atoms with Crippen molar-refractivity contribution in [3.63, 3.8) is 0 Å². The molecule has 7 atom stereocenters. The third kappa shape index (κ3) is 2.76. The number of hydrogen-bond donors (Lipinski definition) is 2. The minimum Gasteiger partial charge on any atom is -0.396 e. The van der Waals surface area contributed by atoms with E-state index in [2.05, 4.69) is 20.8 Å². The Morgan fingerprint density at radius 3 is 2.39 bits per heavy atom. The summed E-state index contributed by atoms with van der Waals surface area (Å²) in [6, 6.07) is 0. The van der Waals surface area contributed by atoms with Crippen molar-refractivity contribution >= 4 is 0 Å². The zero-order chi connectivity index (χ0) is 20.4. The molecule has 2 saturated carbocycles. The standard InChI is InChI=1S/C23H40O5/c1-16-6-7-17-20(4)15-26-19(2,3)27-18(20)8-9-21(17,5)23(16)11-10-22(14-25,28-23)12-13-24/h16-18,24-25H,6-15H2,1-5H3. The molecule has 1 spiro atoms. The van der Waals surface area contributed by atoms with Gasteiger partial charge in [0.15, 0.2) is 5.79 Å². The van der Waals surface area contributed by atoms with Crippen LogP contribution in [0.1, 0.15) is 79.6 Å². The molecule has 2 saturated heterocycles. The summed E-state index contributed by atoms with van der Waals surface area (Å²) < 4.78 is 19.5. The minimum atomic E-state index is -0.590. The number of fused-ring (bicyclic) bond motifs is 4. The van der Waals surface area contributed by atoms with Crippen LogP contribution < -0.4 is 0 Å². The van der Waals surface area contributed by atoms with Crippen LogP contribution in [0.25, 0.3) is 0 Å². The first-order chi connectivity index (χ1) is 13.1. The van der Waals surface area contributed by atoms with Crippen molar-refractivity contribution in [3.05, 3.63) is 0 Å². The van der Waals surface area contributed by atoms with Crippen molar-refractivity contribution in [2.45, 2.75) is 103 Å². The first-order valence-corrected chi connectivity index (χ1v) is 11.3. The molecule has 0 aromatic heterocycles. The quantitative estimate of drug-likeness (QED) is 0.762. The molecule has 0 bridgehead atoms. The molecule has 2 heterocycles. The van der Waals surface area contributed by atoms with Gasteiger partial charge in [0, 0.05) is 23.9 Å². The molecule has 2 N–H and O–H groups in total. The Hall–Kier alpha value is -0.200. The molecule has 2 aliphatic heterocycles. The number of rotatable bonds is 3. The van der Waals surface area contributed by atoms with Gasteiger partial charge in [-0.15, -0.1) is 0 Å². The summed E-state index contributed by atoms with van der Waals surface area (Å²) in [5.74, 6) is 0.409. The van der Waals surface area contributed by atoms with Gasteiger partial charge in [-0.05, 0) is 64.2 Å². The van der Waals surface area contributed by atoms with Gasteiger partial charge in [0.2, 0.25) is 0 Å². The van der Waals surface area contributed by atoms with Gasteiger partial charge in [0.25, 0.3) is 0 Å². The largest absolute Gasteiger partial charge is 0.396 e. The van der Waals surface area contributed by atoms with E-state index in [-0.39, 0.29) is 35.7 Å². The molecule has 5 heteroatoms. The van der Waals surface area contributed by atoms with Crippen LogP contribution in [-0.2, 0) is 14.2 Å². The van der Waals surface area contributed by atoms with E-state index in [0.29, 0.717) is 18.3 Å². The van der Waals surface area contributed by atoms with E-state index in [9.17, 15) is 10.2 Å². The number of aliphatic hydroxyl groups is 2. The van der Waals surface area contributed by atoms with Crippen LogP contribution in [0.3, 0.4) is 0 Å². The van der Waals surface area contributed by atoms with Crippen LogP contribution in [-0.4, -0.2) is 53.1 Å². The first-order valence-electron chi connectivity index (χ1n) is 11.3. The fraction of sp³-hybridized carbons (Fsp3) is 1.00. The van der Waals surface area contributed by atoms with Crippen LogP contribution in [0.4, 0.5) is 0 Å². The molecule has 7 unspecified atom stereocenters. The fourth-order valence-electron chi connectivity index (χ4n) is 7.57. The summed E-state index contributed by atoms with van der Waals surface area (Å²) in [7, 11) is 0. The third-order valence-electron chi connectivity index (χ3n) is 9.24. The third-order valence-corrected chi connectivity index (χ3v) is 9.24. The first kappa shape index (κ1) is 21.0. The maximum atomic E-state index is 10.1. The number of ether oxygens (including phenoxy) is 3. The van der Waals surface area contributed by atoms with E-state index in [1.807, 2.05) is 13.8 Å². The summed E-state index contributed by atoms with van der Waals surface area (Å²) in [5.41, 5.74) is -0.820. The minimum absolute atomic E-state index is 0.0108. The van der Waals surface area contributed by atoms with E-state index in [1.54, 1.807) is 0 Å². The van der Waals surface area contributed by atoms with Gasteiger partial charge in [-0.25, -0.2) is 0 Å². The molecule has 0 radical (unpaired) electrons. The predicted octanol–water partition coefficient (Wildman–Crippen LogP) is 3.65. The van der Waals surface area contributed by atoms with Crippen molar-refractivity contribution in [1.29, 1.82) is 0 Å². The Labute approximate surface area is 170 Å². The Morgan fingerprint density at radius 2 is 1.71 bits per heavy atom. The van der Waals surface area contributed by atoms with Crippen molar-refractivity contribution in [2.75, 3.05) is 19.8 Å². The molecular weight excluding hydrogens is 356 g/mol. The lowest BCUT2D eigenvalue weighted by atomic mass is 9.43. The van der Waals surface area contributed by atoms with E-state index < -0.39 is 11.4 Å². The molecular formula is C23H40O5. The van der Waals surface area contributed by atoms with Gasteiger partial charge >= 0.3 is 0 Å². The Balaban J connectivity index is 1.70. The number of aliphatic hydroxyl groups excluding tert-OH is 2. The van der Waals surface area contributed by atoms with Crippen LogP contribution >= 0.6 is 0 Å². The lowest BCUT2D eigenvalue weighted by Crippen LogP contribution is -2.69. The smallest absolute Gasteiger partial charge is 0.163 e. The SMILES string of the molecule is CC1CCC2C3(C)COC(C)(C)OC3CCC2(C)C12CCC(CO)(CCO)O2. The van der Waals surface area contributed by atoms with Gasteiger partial charge in [-0.1, -0.05) is 20.8 Å². The van der Waals surface area contributed by atoms with Crippen LogP contribution in [0.5, 0.6) is 0 Å². The second-order valence-corrected chi connectivity index (χ2v) is 11.1. The van der Waals surface area contributed by atoms with Crippen molar-refractivity contribution in [2.24, 2.45) is 22.7 Å². The van der Waals surface area contributed by atoms with Gasteiger partial charge in [0.1, 0.15) is 0 Å². The van der Waals surface area contributed by atoms with Crippen molar-refractivity contribution in [3.8, 4) is 0 Å². The monoisotopic (exact) mass is 396 g/mol. The summed E-state index contributed by atoms with van der Waals surface area (Å²) in [4.78, 5) is 0. The molecule has 0 aromatic rings. The topological polar surface area (TPSA) is 68.2 Å². The molecule has 4 rings (SSSR count). The second kappa shape index (κ2) is 6.65. The average Bonchev–Trinajstić information content (AvgIpc) is 3.03. The lowest BCUT2D eigenvalue weighted by molar-refractivity contribution is -0.359. The van der Waals surface area contributed by atoms with E-state index in [0.717, 1.165) is 38.7 Å². The van der Waals surface area contributed by atoms with Crippen LogP contribution in [0.2, 0.25) is 0 Å². The van der Waals surface area contributed by atoms with Crippen molar-refractivity contribution in [1.82, 2.24) is 0 Å². The highest BCUT2D eigenvalue weighted by atomic mass is 16.7. The highest BCUT2D eigenvalue weighted by Crippen LogP contribution is 2.69. The highest BCUT2D eigenvalue weighted by molar-refractivity contribution is 5.18. The van der Waals surface area contributed by atoms with Gasteiger partial charge < -0.3 is 24.4 Å². The van der Waals surface area contributed by atoms with Gasteiger partial charge in [0.05, 0.1) is 30.5 Å². The van der Waals surface area contributed by atoms with Crippen molar-refractivity contribution < 1.29 is 24.4 Å². The normalized spacial score (nSPS) is 53.0. The molecule has 4 aliphatic rings.